The molecular formula is C11H7N4O4SY-. The molecular weight excluding hydrogens is 373 g/mol. The summed E-state index contributed by atoms with van der Waals surface area (Å²) < 4.78 is 20.0. The van der Waals surface area contributed by atoms with Crippen LogP contribution in [-0.2, 0) is 53.5 Å². The van der Waals surface area contributed by atoms with Crippen LogP contribution in [0.2, 0.25) is 0 Å². The Morgan fingerprint density at radius 2 is 2.19 bits per heavy atom. The van der Waals surface area contributed by atoms with Gasteiger partial charge in [-0.2, -0.15) is 5.10 Å². The molecule has 1 radical (unpaired) electrons. The van der Waals surface area contributed by atoms with E-state index in [9.17, 15) is 4.79 Å². The Balaban J connectivity index is 0.00000115. The van der Waals surface area contributed by atoms with Gasteiger partial charge in [-0.25, -0.2) is 0 Å². The van der Waals surface area contributed by atoms with E-state index in [2.05, 4.69) is 16.4 Å². The van der Waals surface area contributed by atoms with Crippen LogP contribution in [0.15, 0.2) is 10.9 Å². The maximum Gasteiger partial charge on any atom is 0.353 e. The molecule has 2 saturated heterocycles. The fourth-order valence-corrected chi connectivity index (χ4v) is 3.29. The van der Waals surface area contributed by atoms with Gasteiger partial charge in [-0.15, -0.1) is 12.1 Å². The first-order chi connectivity index (χ1) is 9.72. The zero-order valence-corrected chi connectivity index (χ0v) is 14.2. The number of aromatic nitrogens is 4. The third-order valence-electron chi connectivity index (χ3n) is 3.86. The van der Waals surface area contributed by atoms with Gasteiger partial charge in [-0.3, -0.25) is 4.68 Å². The number of hydrogen-bond donors (Lipinski definition) is 0. The van der Waals surface area contributed by atoms with Gasteiger partial charge in [0, 0.05) is 50.4 Å². The molecule has 5 rings (SSSR count). The van der Waals surface area contributed by atoms with Crippen LogP contribution in [0.5, 0.6) is 0 Å². The summed E-state index contributed by atoms with van der Waals surface area (Å²) in [5.74, 6) is 0. The van der Waals surface area contributed by atoms with E-state index >= 15 is 0 Å². The molecule has 21 heavy (non-hydrogen) atoms. The SMILES string of the molecule is O=c1c[c-]c2nnn3c2n1[C@H]1O[C@H](C3)[C@@H]2OC(=S)OC21.[Y]. The smallest absolute Gasteiger partial charge is 0.353 e. The summed E-state index contributed by atoms with van der Waals surface area (Å²) >= 11 is 4.95. The third-order valence-corrected chi connectivity index (χ3v) is 4.06. The molecule has 2 fully saturated rings. The van der Waals surface area contributed by atoms with Gasteiger partial charge in [0.25, 0.3) is 0 Å². The fourth-order valence-electron chi connectivity index (χ4n) is 3.06. The first-order valence-corrected chi connectivity index (χ1v) is 6.52. The predicted molar refractivity (Wildman–Crippen MR) is 66.9 cm³/mol. The van der Waals surface area contributed by atoms with Gasteiger partial charge in [-0.05, 0) is 0 Å². The number of thiocarbonyl (C=S) groups is 1. The second kappa shape index (κ2) is 4.55. The molecule has 2 bridgehead atoms. The molecule has 0 aromatic carbocycles. The Hall–Kier alpha value is -0.896. The van der Waals surface area contributed by atoms with Crippen LogP contribution >= 0.6 is 12.2 Å². The fraction of sp³-hybridized carbons (Fsp3) is 0.455. The second-order valence-corrected chi connectivity index (χ2v) is 5.25. The van der Waals surface area contributed by atoms with E-state index in [4.69, 9.17) is 26.4 Å². The molecule has 2 aromatic rings. The Kier molecular flexibility index (Phi) is 2.98. The molecule has 0 amide bonds. The molecule has 1 unspecified atom stereocenters. The van der Waals surface area contributed by atoms with Gasteiger partial charge in [-0.1, -0.05) is 5.21 Å². The number of ether oxygens (including phenoxy) is 3. The van der Waals surface area contributed by atoms with Crippen molar-refractivity contribution in [2.45, 2.75) is 31.1 Å². The first-order valence-electron chi connectivity index (χ1n) is 6.11. The molecule has 3 aliphatic rings. The average molecular weight is 380 g/mol. The van der Waals surface area contributed by atoms with Crippen LogP contribution < -0.4 is 5.56 Å². The topological polar surface area (TPSA) is 80.4 Å². The molecule has 8 nitrogen and oxygen atoms in total. The molecule has 2 aromatic heterocycles. The number of nitrogens with zero attached hydrogens (tertiary/aromatic N) is 4. The van der Waals surface area contributed by atoms with Crippen molar-refractivity contribution in [3.63, 3.8) is 0 Å². The number of rotatable bonds is 0. The van der Waals surface area contributed by atoms with Crippen LogP contribution in [0.1, 0.15) is 6.23 Å². The van der Waals surface area contributed by atoms with Crippen molar-refractivity contribution in [1.82, 2.24) is 19.6 Å². The van der Waals surface area contributed by atoms with Gasteiger partial charge in [0.15, 0.2) is 18.4 Å². The van der Waals surface area contributed by atoms with Crippen LogP contribution in [-0.4, -0.2) is 43.1 Å². The van der Waals surface area contributed by atoms with E-state index < -0.39 is 12.3 Å². The monoisotopic (exact) mass is 380 g/mol. The van der Waals surface area contributed by atoms with E-state index in [0.29, 0.717) is 17.7 Å². The van der Waals surface area contributed by atoms with Crippen LogP contribution in [0.25, 0.3) is 11.2 Å². The minimum absolute atomic E-state index is 0. The van der Waals surface area contributed by atoms with Gasteiger partial charge >= 0.3 is 5.24 Å². The zero-order chi connectivity index (χ0) is 13.4. The zero-order valence-electron chi connectivity index (χ0n) is 10.5. The van der Waals surface area contributed by atoms with Crippen LogP contribution in [0.4, 0.5) is 0 Å². The van der Waals surface area contributed by atoms with Crippen molar-refractivity contribution in [1.29, 1.82) is 0 Å². The number of fused-ring (bicyclic) bond motifs is 6. The van der Waals surface area contributed by atoms with E-state index in [-0.39, 0.29) is 55.7 Å². The summed E-state index contributed by atoms with van der Waals surface area (Å²) in [6, 6.07) is 4.15. The molecule has 0 N–H and O–H groups in total. The molecule has 0 spiro atoms. The molecule has 10 heteroatoms. The largest absolute Gasteiger partial charge is 0.447 e. The minimum Gasteiger partial charge on any atom is -0.447 e. The average Bonchev–Trinajstić information content (AvgIpc) is 3.02. The van der Waals surface area contributed by atoms with E-state index in [1.807, 2.05) is 0 Å². The molecule has 0 aliphatic carbocycles. The number of pyridine rings is 1. The van der Waals surface area contributed by atoms with Crippen molar-refractivity contribution in [2.75, 3.05) is 0 Å². The standard InChI is InChI=1S/C11H7N4O4S.Y/c16-6-2-1-4-9-14(13-12-4)3-5-7-8(19-11(20)18-7)10(17-5)15(6)9;/h2,5,7-8,10H,3H2;/q-1;/t5-,7+,8?,10+;/m1./s1. The maximum atomic E-state index is 12.2. The molecule has 3 aliphatic heterocycles. The van der Waals surface area contributed by atoms with Crippen LogP contribution in [0, 0.1) is 6.07 Å². The Labute approximate surface area is 148 Å². The van der Waals surface area contributed by atoms with E-state index in [1.165, 1.54) is 10.6 Å². The summed E-state index contributed by atoms with van der Waals surface area (Å²) in [6.07, 6.45) is -1.61. The predicted octanol–water partition coefficient (Wildman–Crippen LogP) is -0.629. The summed E-state index contributed by atoms with van der Waals surface area (Å²) in [5, 5.41) is 8.16. The second-order valence-electron chi connectivity index (χ2n) is 4.92. The van der Waals surface area contributed by atoms with Gasteiger partial charge < -0.3 is 23.6 Å². The van der Waals surface area contributed by atoms with Gasteiger partial charge in [0.1, 0.15) is 11.7 Å². The number of hydrogen-bond acceptors (Lipinski definition) is 7. The van der Waals surface area contributed by atoms with Gasteiger partial charge in [0.05, 0.1) is 12.2 Å². The third kappa shape index (κ3) is 1.71. The Bertz CT molecular complexity index is 820. The van der Waals surface area contributed by atoms with Crippen LogP contribution in [0.3, 0.4) is 0 Å². The van der Waals surface area contributed by atoms with Gasteiger partial charge in [0.2, 0.25) is 0 Å². The summed E-state index contributed by atoms with van der Waals surface area (Å²) in [7, 11) is 0. The van der Waals surface area contributed by atoms with Crippen molar-refractivity contribution in [2.24, 2.45) is 0 Å². The molecule has 105 valence electrons. The summed E-state index contributed by atoms with van der Waals surface area (Å²) in [4.78, 5) is 12.2. The first kappa shape index (κ1) is 13.7. The van der Waals surface area contributed by atoms with Crippen molar-refractivity contribution >= 4 is 28.6 Å². The summed E-state index contributed by atoms with van der Waals surface area (Å²) in [5.41, 5.74) is 0.873. The Morgan fingerprint density at radius 1 is 1.38 bits per heavy atom. The molecule has 0 saturated carbocycles. The maximum absolute atomic E-state index is 12.2. The molecule has 4 atom stereocenters. The molecule has 5 heterocycles. The Morgan fingerprint density at radius 3 is 3.05 bits per heavy atom. The van der Waals surface area contributed by atoms with Crippen molar-refractivity contribution in [3.05, 3.63) is 22.5 Å². The minimum atomic E-state index is -0.588. The van der Waals surface area contributed by atoms with Crippen molar-refractivity contribution < 1.29 is 46.9 Å². The normalized spacial score (nSPS) is 32.1. The van der Waals surface area contributed by atoms with E-state index in [1.54, 1.807) is 4.68 Å². The summed E-state index contributed by atoms with van der Waals surface area (Å²) in [6.45, 7) is 0.428. The van der Waals surface area contributed by atoms with E-state index in [0.717, 1.165) is 0 Å². The van der Waals surface area contributed by atoms with Crippen molar-refractivity contribution in [3.8, 4) is 0 Å². The quantitative estimate of drug-likeness (QED) is 0.445.